The number of benzene rings is 2. The number of pyridine rings is 1. The zero-order chi connectivity index (χ0) is 19.8. The van der Waals surface area contributed by atoms with Crippen LogP contribution in [0.3, 0.4) is 0 Å². The molecule has 3 N–H and O–H groups in total. The Kier molecular flexibility index (Phi) is 6.46. The number of nitrogens with two attached hydrogens (primary N) is 1. The van der Waals surface area contributed by atoms with Crippen molar-refractivity contribution in [1.29, 1.82) is 0 Å². The van der Waals surface area contributed by atoms with Gasteiger partial charge in [0, 0.05) is 18.0 Å². The number of aliphatic imine (C=N–C) groups is 1. The predicted molar refractivity (Wildman–Crippen MR) is 112 cm³/mol. The molecule has 3 rings (SSSR count). The number of hydrogen-bond donors (Lipinski definition) is 2. The van der Waals surface area contributed by atoms with Gasteiger partial charge in [0.15, 0.2) is 5.96 Å². The zero-order valence-corrected chi connectivity index (χ0v) is 16.1. The number of nitrogens with zero attached hydrogens (tertiary/aromatic N) is 2. The second-order valence-corrected chi connectivity index (χ2v) is 6.20. The summed E-state index contributed by atoms with van der Waals surface area (Å²) in [6.45, 7) is 5.03. The molecule has 2 aromatic carbocycles. The Bertz CT molecular complexity index is 939. The van der Waals surface area contributed by atoms with Crippen LogP contribution in [-0.4, -0.2) is 17.6 Å². The van der Waals surface area contributed by atoms with Gasteiger partial charge in [0.05, 0.1) is 13.2 Å². The minimum Gasteiger partial charge on any atom is -0.494 e. The molecular weight excluding hydrogens is 352 g/mol. The van der Waals surface area contributed by atoms with Gasteiger partial charge in [-0.2, -0.15) is 0 Å². The number of hydrogen-bond acceptors (Lipinski definition) is 4. The Morgan fingerprint density at radius 2 is 1.86 bits per heavy atom. The lowest BCUT2D eigenvalue weighted by atomic mass is 10.2. The number of aryl methyl sites for hydroxylation is 1. The lowest BCUT2D eigenvalue weighted by molar-refractivity contribution is 0.339. The first-order valence-corrected chi connectivity index (χ1v) is 9.11. The van der Waals surface area contributed by atoms with Crippen molar-refractivity contribution >= 4 is 11.6 Å². The molecule has 0 bridgehead atoms. The average Bonchev–Trinajstić information content (AvgIpc) is 2.69. The SMILES string of the molecule is CCOc1ccc(Oc2cc(CN=C(N)Nc3cccc(C)c3)ccn2)cc1. The Morgan fingerprint density at radius 1 is 1.07 bits per heavy atom. The third-order valence-corrected chi connectivity index (χ3v) is 3.88. The Balaban J connectivity index is 1.61. The van der Waals surface area contributed by atoms with Gasteiger partial charge in [0.2, 0.25) is 5.88 Å². The maximum atomic E-state index is 5.98. The minimum atomic E-state index is 0.358. The minimum absolute atomic E-state index is 0.358. The summed E-state index contributed by atoms with van der Waals surface area (Å²) in [5.74, 6) is 2.36. The molecule has 28 heavy (non-hydrogen) atoms. The molecule has 6 nitrogen and oxygen atoms in total. The van der Waals surface area contributed by atoms with Crippen LogP contribution in [-0.2, 0) is 6.54 Å². The van der Waals surface area contributed by atoms with Gasteiger partial charge in [0.25, 0.3) is 0 Å². The van der Waals surface area contributed by atoms with Crippen molar-refractivity contribution in [3.05, 3.63) is 78.0 Å². The highest BCUT2D eigenvalue weighted by Crippen LogP contribution is 2.23. The number of rotatable bonds is 7. The van der Waals surface area contributed by atoms with E-state index < -0.39 is 0 Å². The summed E-state index contributed by atoms with van der Waals surface area (Å²) in [6, 6.07) is 19.1. The number of nitrogens with one attached hydrogen (secondary N) is 1. The van der Waals surface area contributed by atoms with Crippen molar-refractivity contribution in [2.45, 2.75) is 20.4 Å². The fourth-order valence-corrected chi connectivity index (χ4v) is 2.58. The standard InChI is InChI=1S/C22H24N4O2/c1-3-27-19-7-9-20(10-8-19)28-21-14-17(11-12-24-21)15-25-22(23)26-18-6-4-5-16(2)13-18/h4-14H,3,15H2,1-2H3,(H3,23,25,26). The summed E-state index contributed by atoms with van der Waals surface area (Å²) in [5, 5.41) is 3.09. The van der Waals surface area contributed by atoms with Crippen molar-refractivity contribution in [2.75, 3.05) is 11.9 Å². The third-order valence-electron chi connectivity index (χ3n) is 3.88. The van der Waals surface area contributed by atoms with Gasteiger partial charge >= 0.3 is 0 Å². The Hall–Kier alpha value is -3.54. The van der Waals surface area contributed by atoms with Gasteiger partial charge < -0.3 is 20.5 Å². The molecule has 0 radical (unpaired) electrons. The monoisotopic (exact) mass is 376 g/mol. The van der Waals surface area contributed by atoms with E-state index in [2.05, 4.69) is 15.3 Å². The first-order chi connectivity index (χ1) is 13.6. The molecule has 0 aliphatic carbocycles. The summed E-state index contributed by atoms with van der Waals surface area (Å²) in [6.07, 6.45) is 1.69. The number of guanidine groups is 1. The largest absolute Gasteiger partial charge is 0.494 e. The fourth-order valence-electron chi connectivity index (χ4n) is 2.58. The van der Waals surface area contributed by atoms with Crippen LogP contribution in [0.25, 0.3) is 0 Å². The van der Waals surface area contributed by atoms with E-state index in [-0.39, 0.29) is 0 Å². The predicted octanol–water partition coefficient (Wildman–Crippen LogP) is 4.51. The molecule has 144 valence electrons. The van der Waals surface area contributed by atoms with Crippen LogP contribution < -0.4 is 20.5 Å². The lowest BCUT2D eigenvalue weighted by Gasteiger charge is -2.08. The van der Waals surface area contributed by atoms with Gasteiger partial charge in [-0.15, -0.1) is 0 Å². The van der Waals surface area contributed by atoms with Crippen molar-refractivity contribution in [3.8, 4) is 17.4 Å². The molecule has 6 heteroatoms. The molecule has 0 atom stereocenters. The second kappa shape index (κ2) is 9.41. The molecule has 0 saturated carbocycles. The van der Waals surface area contributed by atoms with E-state index in [1.807, 2.05) is 74.5 Å². The lowest BCUT2D eigenvalue weighted by Crippen LogP contribution is -2.22. The number of aromatic nitrogens is 1. The highest BCUT2D eigenvalue weighted by Gasteiger charge is 2.02. The van der Waals surface area contributed by atoms with Gasteiger partial charge in [0.1, 0.15) is 11.5 Å². The van der Waals surface area contributed by atoms with Crippen LogP contribution >= 0.6 is 0 Å². The summed E-state index contributed by atoms with van der Waals surface area (Å²) < 4.78 is 11.2. The quantitative estimate of drug-likeness (QED) is 0.468. The molecule has 1 heterocycles. The van der Waals surface area contributed by atoms with Crippen LogP contribution in [0, 0.1) is 6.92 Å². The van der Waals surface area contributed by atoms with Gasteiger partial charge in [-0.05, 0) is 67.4 Å². The number of anilines is 1. The molecule has 3 aromatic rings. The first kappa shape index (κ1) is 19.2. The topological polar surface area (TPSA) is 81.8 Å². The highest BCUT2D eigenvalue weighted by atomic mass is 16.5. The molecule has 0 fully saturated rings. The molecule has 0 spiro atoms. The summed E-state index contributed by atoms with van der Waals surface area (Å²) >= 11 is 0. The van der Waals surface area contributed by atoms with E-state index in [0.717, 1.165) is 22.6 Å². The third kappa shape index (κ3) is 5.74. The van der Waals surface area contributed by atoms with Crippen LogP contribution in [0.1, 0.15) is 18.1 Å². The van der Waals surface area contributed by atoms with Crippen LogP contribution in [0.5, 0.6) is 17.4 Å². The highest BCUT2D eigenvalue weighted by molar-refractivity contribution is 5.92. The molecule has 0 saturated heterocycles. The molecule has 0 aliphatic heterocycles. The molecule has 1 aromatic heterocycles. The summed E-state index contributed by atoms with van der Waals surface area (Å²) in [4.78, 5) is 8.63. The van der Waals surface area contributed by atoms with Gasteiger partial charge in [-0.1, -0.05) is 12.1 Å². The maximum absolute atomic E-state index is 5.98. The van der Waals surface area contributed by atoms with E-state index in [1.165, 1.54) is 0 Å². The number of ether oxygens (including phenoxy) is 2. The van der Waals surface area contributed by atoms with Crippen molar-refractivity contribution in [3.63, 3.8) is 0 Å². The van der Waals surface area contributed by atoms with Gasteiger partial charge in [-0.25, -0.2) is 9.98 Å². The maximum Gasteiger partial charge on any atom is 0.219 e. The van der Waals surface area contributed by atoms with E-state index in [0.29, 0.717) is 30.7 Å². The van der Waals surface area contributed by atoms with Gasteiger partial charge in [-0.3, -0.25) is 0 Å². The van der Waals surface area contributed by atoms with Crippen LogP contribution in [0.15, 0.2) is 71.9 Å². The zero-order valence-electron chi connectivity index (χ0n) is 16.1. The fraction of sp³-hybridized carbons (Fsp3) is 0.182. The Morgan fingerprint density at radius 3 is 2.61 bits per heavy atom. The summed E-state index contributed by atoms with van der Waals surface area (Å²) in [5.41, 5.74) is 9.00. The average molecular weight is 376 g/mol. The normalized spacial score (nSPS) is 11.1. The molecule has 0 amide bonds. The van der Waals surface area contributed by atoms with Crippen molar-refractivity contribution < 1.29 is 9.47 Å². The van der Waals surface area contributed by atoms with Crippen LogP contribution in [0.4, 0.5) is 5.69 Å². The molecular formula is C22H24N4O2. The van der Waals surface area contributed by atoms with E-state index in [4.69, 9.17) is 15.2 Å². The van der Waals surface area contributed by atoms with Crippen LogP contribution in [0.2, 0.25) is 0 Å². The second-order valence-electron chi connectivity index (χ2n) is 6.20. The molecule has 0 unspecified atom stereocenters. The van der Waals surface area contributed by atoms with E-state index >= 15 is 0 Å². The van der Waals surface area contributed by atoms with E-state index in [9.17, 15) is 0 Å². The Labute approximate surface area is 165 Å². The van der Waals surface area contributed by atoms with Crippen molar-refractivity contribution in [2.24, 2.45) is 10.7 Å². The van der Waals surface area contributed by atoms with Crippen molar-refractivity contribution in [1.82, 2.24) is 4.98 Å². The molecule has 0 aliphatic rings. The first-order valence-electron chi connectivity index (χ1n) is 9.11. The van der Waals surface area contributed by atoms with E-state index in [1.54, 1.807) is 6.20 Å². The smallest absolute Gasteiger partial charge is 0.219 e. The summed E-state index contributed by atoms with van der Waals surface area (Å²) in [7, 11) is 0.